The molecule has 2 heterocycles. The van der Waals surface area contributed by atoms with Crippen molar-refractivity contribution >= 4 is 29.4 Å². The minimum Gasteiger partial charge on any atom is -0.490 e. The lowest BCUT2D eigenvalue weighted by Gasteiger charge is -2.25. The average Bonchev–Trinajstić information content (AvgIpc) is 3.15. The Balaban J connectivity index is 1.94. The van der Waals surface area contributed by atoms with E-state index in [2.05, 4.69) is 4.99 Å². The van der Waals surface area contributed by atoms with Gasteiger partial charge in [-0.25, -0.2) is 9.79 Å². The summed E-state index contributed by atoms with van der Waals surface area (Å²) in [5, 5.41) is 0. The molecule has 0 amide bonds. The van der Waals surface area contributed by atoms with E-state index in [4.69, 9.17) is 14.2 Å². The summed E-state index contributed by atoms with van der Waals surface area (Å²) in [6, 6.07) is 12.0. The van der Waals surface area contributed by atoms with Gasteiger partial charge in [0.2, 0.25) is 0 Å². The zero-order chi connectivity index (χ0) is 26.7. The Labute approximate surface area is 218 Å². The van der Waals surface area contributed by atoms with Crippen LogP contribution in [0.15, 0.2) is 63.5 Å². The molecule has 0 radical (unpaired) electrons. The minimum absolute atomic E-state index is 0.176. The van der Waals surface area contributed by atoms with Crippen molar-refractivity contribution in [3.63, 3.8) is 0 Å². The first-order chi connectivity index (χ1) is 17.7. The molecule has 4 rings (SSSR count). The zero-order valence-corrected chi connectivity index (χ0v) is 22.2. The Morgan fingerprint density at radius 3 is 2.43 bits per heavy atom. The summed E-state index contributed by atoms with van der Waals surface area (Å²) in [7, 11) is 0. The lowest BCUT2D eigenvalue weighted by Crippen LogP contribution is -2.40. The van der Waals surface area contributed by atoms with Gasteiger partial charge in [-0.1, -0.05) is 47.2 Å². The number of fused-ring (bicyclic) bond motifs is 1. The van der Waals surface area contributed by atoms with Gasteiger partial charge < -0.3 is 14.2 Å². The Bertz CT molecular complexity index is 1560. The van der Waals surface area contributed by atoms with E-state index in [0.717, 1.165) is 11.1 Å². The molecule has 37 heavy (non-hydrogen) atoms. The molecule has 0 aliphatic carbocycles. The van der Waals surface area contributed by atoms with E-state index in [-0.39, 0.29) is 23.5 Å². The van der Waals surface area contributed by atoms with Gasteiger partial charge in [-0.05, 0) is 57.0 Å². The van der Waals surface area contributed by atoms with E-state index in [1.54, 1.807) is 32.0 Å². The number of carbonyl (C=O) groups is 2. The van der Waals surface area contributed by atoms with Gasteiger partial charge in [0, 0.05) is 6.92 Å². The quantitative estimate of drug-likeness (QED) is 0.350. The van der Waals surface area contributed by atoms with Crippen LogP contribution in [0.3, 0.4) is 0 Å². The Hall–Kier alpha value is -3.98. The van der Waals surface area contributed by atoms with E-state index in [1.807, 2.05) is 44.2 Å². The highest BCUT2D eigenvalue weighted by atomic mass is 32.1. The molecule has 1 atom stereocenters. The van der Waals surface area contributed by atoms with Gasteiger partial charge in [0.15, 0.2) is 16.3 Å². The summed E-state index contributed by atoms with van der Waals surface area (Å²) in [6.45, 7) is 9.08. The number of hydrogen-bond acceptors (Lipinski definition) is 8. The average molecular weight is 521 g/mol. The molecule has 192 valence electrons. The summed E-state index contributed by atoms with van der Waals surface area (Å²) in [6.07, 6.45) is 1.82. The third-order valence-corrected chi connectivity index (χ3v) is 6.71. The van der Waals surface area contributed by atoms with Gasteiger partial charge >= 0.3 is 11.9 Å². The van der Waals surface area contributed by atoms with Crippen molar-refractivity contribution in [3.8, 4) is 11.5 Å². The van der Waals surface area contributed by atoms with Gasteiger partial charge in [0.1, 0.15) is 0 Å². The van der Waals surface area contributed by atoms with Gasteiger partial charge in [0.25, 0.3) is 5.56 Å². The van der Waals surface area contributed by atoms with Crippen molar-refractivity contribution in [2.24, 2.45) is 4.99 Å². The molecule has 0 fully saturated rings. The van der Waals surface area contributed by atoms with Crippen molar-refractivity contribution < 1.29 is 23.8 Å². The molecular weight excluding hydrogens is 492 g/mol. The third-order valence-electron chi connectivity index (χ3n) is 5.73. The molecule has 9 heteroatoms. The molecule has 8 nitrogen and oxygen atoms in total. The number of thiazole rings is 1. The third kappa shape index (κ3) is 5.41. The van der Waals surface area contributed by atoms with Crippen molar-refractivity contribution in [2.45, 2.75) is 40.7 Å². The fraction of sp³-hybridized carbons (Fsp3) is 0.286. The second-order valence-electron chi connectivity index (χ2n) is 8.45. The van der Waals surface area contributed by atoms with Gasteiger partial charge in [-0.15, -0.1) is 0 Å². The Kier molecular flexibility index (Phi) is 7.73. The molecule has 0 N–H and O–H groups in total. The smallest absolute Gasteiger partial charge is 0.338 e. The first-order valence-corrected chi connectivity index (χ1v) is 12.8. The van der Waals surface area contributed by atoms with Crippen LogP contribution >= 0.6 is 11.3 Å². The minimum atomic E-state index is -0.805. The van der Waals surface area contributed by atoms with E-state index < -0.39 is 18.0 Å². The van der Waals surface area contributed by atoms with Crippen LogP contribution in [0.5, 0.6) is 11.5 Å². The van der Waals surface area contributed by atoms with Gasteiger partial charge in [-0.2, -0.15) is 0 Å². The molecule has 0 bridgehead atoms. The van der Waals surface area contributed by atoms with Crippen LogP contribution in [0.25, 0.3) is 6.08 Å². The maximum Gasteiger partial charge on any atom is 0.338 e. The van der Waals surface area contributed by atoms with E-state index in [9.17, 15) is 14.4 Å². The fourth-order valence-corrected chi connectivity index (χ4v) is 5.17. The lowest BCUT2D eigenvalue weighted by molar-refractivity contribution is -0.139. The number of hydrogen-bond donors (Lipinski definition) is 0. The first-order valence-electron chi connectivity index (χ1n) is 11.9. The zero-order valence-electron chi connectivity index (χ0n) is 21.4. The number of nitrogens with zero attached hydrogens (tertiary/aromatic N) is 2. The number of aryl methyl sites for hydroxylation is 1. The molecule has 1 aliphatic rings. The number of ether oxygens (including phenoxy) is 3. The topological polar surface area (TPSA) is 96.2 Å². The van der Waals surface area contributed by atoms with Crippen LogP contribution < -0.4 is 24.4 Å². The van der Waals surface area contributed by atoms with Crippen molar-refractivity contribution in [1.29, 1.82) is 0 Å². The Morgan fingerprint density at radius 2 is 1.78 bits per heavy atom. The normalized spacial score (nSPS) is 15.2. The predicted octanol–water partition coefficient (Wildman–Crippen LogP) is 3.43. The van der Waals surface area contributed by atoms with Gasteiger partial charge in [-0.3, -0.25) is 14.2 Å². The summed E-state index contributed by atoms with van der Waals surface area (Å²) >= 11 is 1.26. The summed E-state index contributed by atoms with van der Waals surface area (Å²) in [5.74, 6) is -0.456. The van der Waals surface area contributed by atoms with Crippen LogP contribution in [0, 0.1) is 6.92 Å². The predicted molar refractivity (Wildman–Crippen MR) is 140 cm³/mol. The summed E-state index contributed by atoms with van der Waals surface area (Å²) in [5.41, 5.74) is 3.06. The number of esters is 2. The number of rotatable bonds is 7. The molecule has 0 saturated carbocycles. The molecule has 2 aromatic carbocycles. The SMILES string of the molecule is CCOC(=O)C1=C(C)N=c2s/c(=C/c3ccc(C)cc3)c(=O)n2[C@@H]1c1ccc(OC(C)=O)c(OCC)c1. The van der Waals surface area contributed by atoms with Crippen LogP contribution in [0.4, 0.5) is 0 Å². The fourth-order valence-electron chi connectivity index (χ4n) is 4.12. The van der Waals surface area contributed by atoms with Crippen LogP contribution in [0.2, 0.25) is 0 Å². The molecule has 1 aliphatic heterocycles. The highest BCUT2D eigenvalue weighted by molar-refractivity contribution is 7.07. The van der Waals surface area contributed by atoms with Crippen molar-refractivity contribution in [1.82, 2.24) is 4.57 Å². The van der Waals surface area contributed by atoms with Crippen LogP contribution in [0.1, 0.15) is 50.4 Å². The number of aromatic nitrogens is 1. The lowest BCUT2D eigenvalue weighted by atomic mass is 9.95. The van der Waals surface area contributed by atoms with Crippen LogP contribution in [-0.2, 0) is 14.3 Å². The summed E-state index contributed by atoms with van der Waals surface area (Å²) in [4.78, 5) is 43.5. The van der Waals surface area contributed by atoms with Crippen molar-refractivity contribution in [3.05, 3.63) is 90.1 Å². The second-order valence-corrected chi connectivity index (χ2v) is 9.45. The standard InChI is InChI=1S/C28H28N2O6S/c1-6-34-22-15-20(12-13-21(22)36-18(5)31)25-24(27(33)35-7-2)17(4)29-28-30(25)26(32)23(37-28)14-19-10-8-16(3)9-11-19/h8-15,25H,6-7H2,1-5H3/b23-14+/t25-/m1/s1. The highest BCUT2D eigenvalue weighted by Crippen LogP contribution is 2.36. The Morgan fingerprint density at radius 1 is 1.05 bits per heavy atom. The molecule has 0 saturated heterocycles. The maximum absolute atomic E-state index is 13.7. The number of carbonyl (C=O) groups excluding carboxylic acids is 2. The van der Waals surface area contributed by atoms with Crippen LogP contribution in [-0.4, -0.2) is 29.7 Å². The van der Waals surface area contributed by atoms with E-state index >= 15 is 0 Å². The largest absolute Gasteiger partial charge is 0.490 e. The molecule has 0 spiro atoms. The molecule has 3 aromatic rings. The van der Waals surface area contributed by atoms with Crippen molar-refractivity contribution in [2.75, 3.05) is 13.2 Å². The van der Waals surface area contributed by atoms with Gasteiger partial charge in [0.05, 0.1) is 35.1 Å². The first kappa shape index (κ1) is 26.1. The van der Waals surface area contributed by atoms with E-state index in [1.165, 1.54) is 22.8 Å². The molecule has 0 unspecified atom stereocenters. The second kappa shape index (κ2) is 11.0. The highest BCUT2D eigenvalue weighted by Gasteiger charge is 2.34. The van der Waals surface area contributed by atoms with E-state index in [0.29, 0.717) is 33.0 Å². The summed E-state index contributed by atoms with van der Waals surface area (Å²) < 4.78 is 18.4. The number of benzene rings is 2. The molecular formula is C28H28N2O6S. The molecule has 1 aromatic heterocycles. The monoisotopic (exact) mass is 520 g/mol. The maximum atomic E-state index is 13.7. The number of allylic oxidation sites excluding steroid dienone is 1.